The van der Waals surface area contributed by atoms with Crippen LogP contribution in [0.3, 0.4) is 0 Å². The minimum atomic E-state index is -0.149. The normalized spacial score (nSPS) is 10.5. The second kappa shape index (κ2) is 9.27. The molecule has 0 radical (unpaired) electrons. The van der Waals surface area contributed by atoms with E-state index >= 15 is 0 Å². The lowest BCUT2D eigenvalue weighted by molar-refractivity contribution is -0.116. The van der Waals surface area contributed by atoms with E-state index in [4.69, 9.17) is 4.74 Å². The molecule has 2 amide bonds. The summed E-state index contributed by atoms with van der Waals surface area (Å²) in [7, 11) is 3.22. The van der Waals surface area contributed by atoms with Crippen molar-refractivity contribution in [1.82, 2.24) is 10.6 Å². The molecule has 2 aromatic rings. The molecule has 0 aliphatic carbocycles. The van der Waals surface area contributed by atoms with E-state index in [2.05, 4.69) is 10.6 Å². The highest BCUT2D eigenvalue weighted by Crippen LogP contribution is 2.11. The fourth-order valence-electron chi connectivity index (χ4n) is 2.24. The van der Waals surface area contributed by atoms with Crippen LogP contribution in [0.1, 0.15) is 21.5 Å². The van der Waals surface area contributed by atoms with Crippen LogP contribution in [-0.2, 0) is 11.2 Å². The van der Waals surface area contributed by atoms with Gasteiger partial charge in [0.05, 0.1) is 7.11 Å². The molecule has 0 heterocycles. The molecule has 2 aromatic carbocycles. The standard InChI is InChI=1S/C20H22N2O3/c1-21-20(24)17-8-3-15(4-9-17)7-12-19(23)22-14-13-16-5-10-18(25-2)11-6-16/h3-12H,13-14H2,1-2H3,(H,21,24)(H,22,23)/b12-7+. The van der Waals surface area contributed by atoms with Crippen LogP contribution in [0.15, 0.2) is 54.6 Å². The number of carbonyl (C=O) groups excluding carboxylic acids is 2. The summed E-state index contributed by atoms with van der Waals surface area (Å²) in [4.78, 5) is 23.3. The first-order valence-electron chi connectivity index (χ1n) is 8.03. The van der Waals surface area contributed by atoms with Crippen LogP contribution in [0.2, 0.25) is 0 Å². The van der Waals surface area contributed by atoms with Crippen molar-refractivity contribution in [2.75, 3.05) is 20.7 Å². The Hall–Kier alpha value is -3.08. The number of methoxy groups -OCH3 is 1. The molecule has 130 valence electrons. The first kappa shape index (κ1) is 18.3. The van der Waals surface area contributed by atoms with Crippen molar-refractivity contribution >= 4 is 17.9 Å². The maximum absolute atomic E-state index is 11.8. The van der Waals surface area contributed by atoms with Crippen molar-refractivity contribution in [1.29, 1.82) is 0 Å². The smallest absolute Gasteiger partial charge is 0.251 e. The second-order valence-corrected chi connectivity index (χ2v) is 5.42. The van der Waals surface area contributed by atoms with Crippen LogP contribution in [-0.4, -0.2) is 32.5 Å². The van der Waals surface area contributed by atoms with Gasteiger partial charge < -0.3 is 15.4 Å². The van der Waals surface area contributed by atoms with E-state index in [0.717, 1.165) is 23.3 Å². The number of hydrogen-bond donors (Lipinski definition) is 2. The average Bonchev–Trinajstić information content (AvgIpc) is 2.66. The van der Waals surface area contributed by atoms with Crippen molar-refractivity contribution in [2.24, 2.45) is 0 Å². The summed E-state index contributed by atoms with van der Waals surface area (Å²) in [5.74, 6) is 0.536. The van der Waals surface area contributed by atoms with Gasteiger partial charge in [0.25, 0.3) is 5.91 Å². The van der Waals surface area contributed by atoms with Gasteiger partial charge >= 0.3 is 0 Å². The van der Waals surface area contributed by atoms with E-state index in [-0.39, 0.29) is 11.8 Å². The van der Waals surface area contributed by atoms with Crippen LogP contribution in [0.5, 0.6) is 5.75 Å². The van der Waals surface area contributed by atoms with Crippen molar-refractivity contribution in [3.8, 4) is 5.75 Å². The molecule has 5 nitrogen and oxygen atoms in total. The molecule has 0 atom stereocenters. The SMILES string of the molecule is CNC(=O)c1ccc(/C=C/C(=O)NCCc2ccc(OC)cc2)cc1. The summed E-state index contributed by atoms with van der Waals surface area (Å²) in [5.41, 5.74) is 2.58. The molecule has 2 rings (SSSR count). The van der Waals surface area contributed by atoms with E-state index in [1.165, 1.54) is 6.08 Å². The molecule has 0 bridgehead atoms. The number of hydrogen-bond acceptors (Lipinski definition) is 3. The van der Waals surface area contributed by atoms with Crippen molar-refractivity contribution in [2.45, 2.75) is 6.42 Å². The van der Waals surface area contributed by atoms with Gasteiger partial charge in [0.2, 0.25) is 5.91 Å². The number of benzene rings is 2. The molecule has 0 spiro atoms. The van der Waals surface area contributed by atoms with Gasteiger partial charge in [0.1, 0.15) is 5.75 Å². The van der Waals surface area contributed by atoms with E-state index in [1.807, 2.05) is 24.3 Å². The Morgan fingerprint density at radius 2 is 1.72 bits per heavy atom. The molecule has 5 heteroatoms. The molecule has 0 unspecified atom stereocenters. The van der Waals surface area contributed by atoms with Gasteiger partial charge in [-0.15, -0.1) is 0 Å². The highest BCUT2D eigenvalue weighted by Gasteiger charge is 2.01. The van der Waals surface area contributed by atoms with Crippen LogP contribution in [0.25, 0.3) is 6.08 Å². The summed E-state index contributed by atoms with van der Waals surface area (Å²) >= 11 is 0. The van der Waals surface area contributed by atoms with Crippen molar-refractivity contribution in [3.63, 3.8) is 0 Å². The number of amides is 2. The molecule has 0 fully saturated rings. The third kappa shape index (κ3) is 5.80. The number of carbonyl (C=O) groups is 2. The fourth-order valence-corrected chi connectivity index (χ4v) is 2.24. The number of ether oxygens (including phenoxy) is 1. The van der Waals surface area contributed by atoms with Gasteiger partial charge in [-0.05, 0) is 47.9 Å². The lowest BCUT2D eigenvalue weighted by Crippen LogP contribution is -2.23. The first-order valence-corrected chi connectivity index (χ1v) is 8.03. The largest absolute Gasteiger partial charge is 0.497 e. The van der Waals surface area contributed by atoms with E-state index in [1.54, 1.807) is 44.5 Å². The maximum atomic E-state index is 11.8. The zero-order valence-electron chi connectivity index (χ0n) is 14.4. The fraction of sp³-hybridized carbons (Fsp3) is 0.200. The Kier molecular flexibility index (Phi) is 6.77. The molecule has 0 aromatic heterocycles. The lowest BCUT2D eigenvalue weighted by Gasteiger charge is -2.04. The molecule has 0 aliphatic heterocycles. The van der Waals surface area contributed by atoms with Crippen LogP contribution >= 0.6 is 0 Å². The number of rotatable bonds is 7. The van der Waals surface area contributed by atoms with Crippen LogP contribution < -0.4 is 15.4 Å². The first-order chi connectivity index (χ1) is 12.1. The quantitative estimate of drug-likeness (QED) is 0.762. The molecule has 25 heavy (non-hydrogen) atoms. The average molecular weight is 338 g/mol. The Morgan fingerprint density at radius 1 is 1.04 bits per heavy atom. The van der Waals surface area contributed by atoms with Gasteiger partial charge in [-0.25, -0.2) is 0 Å². The van der Waals surface area contributed by atoms with E-state index in [9.17, 15) is 9.59 Å². The summed E-state index contributed by atoms with van der Waals surface area (Å²) < 4.78 is 5.11. The summed E-state index contributed by atoms with van der Waals surface area (Å²) in [6.45, 7) is 0.561. The summed E-state index contributed by atoms with van der Waals surface area (Å²) in [6.07, 6.45) is 3.96. The van der Waals surface area contributed by atoms with Gasteiger partial charge in [-0.1, -0.05) is 24.3 Å². The lowest BCUT2D eigenvalue weighted by atomic mass is 10.1. The molecular formula is C20H22N2O3. The molecule has 0 saturated heterocycles. The Bertz CT molecular complexity index is 735. The van der Waals surface area contributed by atoms with E-state index < -0.39 is 0 Å². The Balaban J connectivity index is 1.79. The minimum absolute atomic E-state index is 0.133. The maximum Gasteiger partial charge on any atom is 0.251 e. The number of nitrogens with one attached hydrogen (secondary N) is 2. The highest BCUT2D eigenvalue weighted by atomic mass is 16.5. The molecule has 2 N–H and O–H groups in total. The third-order valence-electron chi connectivity index (χ3n) is 3.70. The van der Waals surface area contributed by atoms with Gasteiger partial charge in [-0.2, -0.15) is 0 Å². The van der Waals surface area contributed by atoms with Gasteiger partial charge in [-0.3, -0.25) is 9.59 Å². The zero-order valence-corrected chi connectivity index (χ0v) is 14.4. The summed E-state index contributed by atoms with van der Waals surface area (Å²) in [5, 5.41) is 5.41. The van der Waals surface area contributed by atoms with Gasteiger partial charge in [0, 0.05) is 25.2 Å². The zero-order chi connectivity index (χ0) is 18.1. The predicted octanol–water partition coefficient (Wildman–Crippen LogP) is 2.43. The Labute approximate surface area is 147 Å². The van der Waals surface area contributed by atoms with Gasteiger partial charge in [0.15, 0.2) is 0 Å². The van der Waals surface area contributed by atoms with E-state index in [0.29, 0.717) is 12.1 Å². The predicted molar refractivity (Wildman–Crippen MR) is 98.6 cm³/mol. The van der Waals surface area contributed by atoms with Crippen LogP contribution in [0, 0.1) is 0 Å². The second-order valence-electron chi connectivity index (χ2n) is 5.42. The highest BCUT2D eigenvalue weighted by molar-refractivity contribution is 5.94. The molecule has 0 aliphatic rings. The molecular weight excluding hydrogens is 316 g/mol. The Morgan fingerprint density at radius 3 is 2.32 bits per heavy atom. The van der Waals surface area contributed by atoms with Crippen LogP contribution in [0.4, 0.5) is 0 Å². The third-order valence-corrected chi connectivity index (χ3v) is 3.70. The minimum Gasteiger partial charge on any atom is -0.497 e. The van der Waals surface area contributed by atoms with Crippen molar-refractivity contribution < 1.29 is 14.3 Å². The summed E-state index contributed by atoms with van der Waals surface area (Å²) in [6, 6.07) is 14.8. The molecule has 0 saturated carbocycles. The topological polar surface area (TPSA) is 67.4 Å². The van der Waals surface area contributed by atoms with Crippen molar-refractivity contribution in [3.05, 3.63) is 71.3 Å². The monoisotopic (exact) mass is 338 g/mol.